The second-order valence-corrected chi connectivity index (χ2v) is 8.83. The van der Waals surface area contributed by atoms with Gasteiger partial charge in [-0.1, -0.05) is 68.4 Å². The molecule has 1 unspecified atom stereocenters. The van der Waals surface area contributed by atoms with Crippen LogP contribution in [0.15, 0.2) is 54.6 Å². The van der Waals surface area contributed by atoms with E-state index in [9.17, 15) is 14.4 Å². The molecule has 1 aliphatic rings. The van der Waals surface area contributed by atoms with Gasteiger partial charge in [-0.25, -0.2) is 4.79 Å². The van der Waals surface area contributed by atoms with Crippen molar-refractivity contribution in [2.45, 2.75) is 33.3 Å². The topological polar surface area (TPSA) is 105 Å². The number of Topliss-reactive ketones (excluding diaryl/α,β-unsaturated/α-hetero) is 1. The lowest BCUT2D eigenvalue weighted by Crippen LogP contribution is -2.46. The molecule has 176 valence electrons. The van der Waals surface area contributed by atoms with Gasteiger partial charge >= 0.3 is 6.09 Å². The first kappa shape index (κ1) is 24.4. The molecule has 2 aromatic rings. The van der Waals surface area contributed by atoms with Gasteiger partial charge in [0.1, 0.15) is 25.0 Å². The summed E-state index contributed by atoms with van der Waals surface area (Å²) in [6, 6.07) is 17.0. The van der Waals surface area contributed by atoms with E-state index in [0.717, 1.165) is 5.56 Å². The van der Waals surface area contributed by atoms with Crippen LogP contribution in [0.25, 0.3) is 0 Å². The third kappa shape index (κ3) is 6.63. The first-order chi connectivity index (χ1) is 15.8. The Balaban J connectivity index is 1.84. The van der Waals surface area contributed by atoms with Gasteiger partial charge in [0.05, 0.1) is 6.61 Å². The summed E-state index contributed by atoms with van der Waals surface area (Å²) >= 11 is 0. The van der Waals surface area contributed by atoms with Crippen molar-refractivity contribution in [1.82, 2.24) is 10.4 Å². The van der Waals surface area contributed by atoms with Gasteiger partial charge in [-0.15, -0.1) is 0 Å². The Kier molecular flexibility index (Phi) is 8.19. The standard InChI is InChI=1S/C25H30N2O6/c1-25(2,15-18-8-4-3-5-9-18)22(23(29)27-12-13-32-17-27)21(28)14-19-10-6-7-11-20(19)16-33-26-24(30)31/h3-11,22,26H,12-17H2,1-2H3,(H,30,31). The summed E-state index contributed by atoms with van der Waals surface area (Å²) in [5.41, 5.74) is 3.66. The molecule has 33 heavy (non-hydrogen) atoms. The van der Waals surface area contributed by atoms with Crippen LogP contribution in [0.4, 0.5) is 4.79 Å². The number of benzene rings is 2. The Labute approximate surface area is 193 Å². The highest BCUT2D eigenvalue weighted by molar-refractivity contribution is 6.03. The van der Waals surface area contributed by atoms with Crippen molar-refractivity contribution in [3.8, 4) is 0 Å². The highest BCUT2D eigenvalue weighted by atomic mass is 16.7. The molecule has 1 atom stereocenters. The minimum atomic E-state index is -1.30. The number of ether oxygens (including phenoxy) is 1. The van der Waals surface area contributed by atoms with Crippen LogP contribution in [0.2, 0.25) is 0 Å². The highest BCUT2D eigenvalue weighted by Gasteiger charge is 2.43. The number of carbonyl (C=O) groups excluding carboxylic acids is 2. The molecule has 3 rings (SSSR count). The number of carboxylic acid groups (broad SMARTS) is 1. The van der Waals surface area contributed by atoms with Gasteiger partial charge in [-0.05, 0) is 28.5 Å². The zero-order valence-electron chi connectivity index (χ0n) is 19.0. The predicted octanol–water partition coefficient (Wildman–Crippen LogP) is 3.20. The molecule has 0 bridgehead atoms. The number of rotatable bonds is 10. The lowest BCUT2D eigenvalue weighted by Gasteiger charge is -2.35. The van der Waals surface area contributed by atoms with E-state index in [1.807, 2.05) is 49.7 Å². The second-order valence-electron chi connectivity index (χ2n) is 8.83. The molecule has 2 aromatic carbocycles. The molecule has 0 radical (unpaired) electrons. The summed E-state index contributed by atoms with van der Waals surface area (Å²) in [6.45, 7) is 4.99. The summed E-state index contributed by atoms with van der Waals surface area (Å²) in [6.07, 6.45) is -0.696. The molecule has 0 aliphatic carbocycles. The maximum absolute atomic E-state index is 13.6. The third-order valence-electron chi connectivity index (χ3n) is 5.79. The van der Waals surface area contributed by atoms with Crippen LogP contribution >= 0.6 is 0 Å². The van der Waals surface area contributed by atoms with E-state index in [1.165, 1.54) is 0 Å². The molecule has 0 aromatic heterocycles. The number of hydrogen-bond donors (Lipinski definition) is 2. The van der Waals surface area contributed by atoms with E-state index >= 15 is 0 Å². The first-order valence-electron chi connectivity index (χ1n) is 10.9. The van der Waals surface area contributed by atoms with Gasteiger partial charge in [-0.2, -0.15) is 5.48 Å². The zero-order valence-corrected chi connectivity index (χ0v) is 19.0. The maximum atomic E-state index is 13.6. The van der Waals surface area contributed by atoms with Crippen LogP contribution in [-0.2, 0) is 38.6 Å². The molecule has 8 nitrogen and oxygen atoms in total. The monoisotopic (exact) mass is 454 g/mol. The Bertz CT molecular complexity index is 970. The van der Waals surface area contributed by atoms with Crippen LogP contribution in [0.1, 0.15) is 30.5 Å². The minimum Gasteiger partial charge on any atom is -0.464 e. The van der Waals surface area contributed by atoms with E-state index < -0.39 is 17.4 Å². The smallest absolute Gasteiger partial charge is 0.428 e. The summed E-state index contributed by atoms with van der Waals surface area (Å²) < 4.78 is 5.36. The fourth-order valence-electron chi connectivity index (χ4n) is 4.24. The lowest BCUT2D eigenvalue weighted by atomic mass is 9.70. The van der Waals surface area contributed by atoms with E-state index in [4.69, 9.17) is 14.7 Å². The quantitative estimate of drug-likeness (QED) is 0.422. The Morgan fingerprint density at radius 1 is 1.09 bits per heavy atom. The number of amides is 2. The fraction of sp³-hybridized carbons (Fsp3) is 0.400. The molecule has 2 N–H and O–H groups in total. The number of ketones is 1. The van der Waals surface area contributed by atoms with Crippen molar-refractivity contribution in [1.29, 1.82) is 0 Å². The largest absolute Gasteiger partial charge is 0.464 e. The molecule has 1 heterocycles. The summed E-state index contributed by atoms with van der Waals surface area (Å²) in [5.74, 6) is -1.27. The second kappa shape index (κ2) is 11.1. The lowest BCUT2D eigenvalue weighted by molar-refractivity contribution is -0.146. The third-order valence-corrected chi connectivity index (χ3v) is 5.79. The molecule has 1 fully saturated rings. The van der Waals surface area contributed by atoms with Crippen molar-refractivity contribution < 1.29 is 29.1 Å². The van der Waals surface area contributed by atoms with Crippen molar-refractivity contribution in [2.75, 3.05) is 19.9 Å². The fourth-order valence-corrected chi connectivity index (χ4v) is 4.24. The number of hydrogen-bond acceptors (Lipinski definition) is 5. The molecular formula is C25H30N2O6. The molecule has 0 saturated carbocycles. The number of nitrogens with one attached hydrogen (secondary N) is 1. The van der Waals surface area contributed by atoms with E-state index in [-0.39, 0.29) is 31.4 Å². The Morgan fingerprint density at radius 2 is 1.76 bits per heavy atom. The average molecular weight is 455 g/mol. The van der Waals surface area contributed by atoms with E-state index in [1.54, 1.807) is 29.2 Å². The van der Waals surface area contributed by atoms with Gasteiger partial charge in [0.15, 0.2) is 0 Å². The maximum Gasteiger partial charge on any atom is 0.428 e. The van der Waals surface area contributed by atoms with Crippen molar-refractivity contribution in [3.63, 3.8) is 0 Å². The van der Waals surface area contributed by atoms with Gasteiger partial charge in [0.2, 0.25) is 5.91 Å². The Morgan fingerprint density at radius 3 is 2.39 bits per heavy atom. The van der Waals surface area contributed by atoms with E-state index in [2.05, 4.69) is 0 Å². The van der Waals surface area contributed by atoms with Gasteiger partial charge in [-0.3, -0.25) is 14.4 Å². The SMILES string of the molecule is CC(C)(Cc1ccccc1)C(C(=O)Cc1ccccc1CONC(=O)O)C(=O)N1CCOC1. The van der Waals surface area contributed by atoms with Crippen LogP contribution in [-0.4, -0.2) is 47.7 Å². The molecule has 2 amide bonds. The van der Waals surface area contributed by atoms with Crippen molar-refractivity contribution >= 4 is 17.8 Å². The average Bonchev–Trinajstić information content (AvgIpc) is 3.30. The van der Waals surface area contributed by atoms with Gasteiger partial charge < -0.3 is 14.7 Å². The molecular weight excluding hydrogens is 424 g/mol. The van der Waals surface area contributed by atoms with Gasteiger partial charge in [0, 0.05) is 13.0 Å². The number of hydroxylamine groups is 1. The zero-order chi connectivity index (χ0) is 23.8. The van der Waals surface area contributed by atoms with Crippen molar-refractivity contribution in [2.24, 2.45) is 11.3 Å². The summed E-state index contributed by atoms with van der Waals surface area (Å²) in [7, 11) is 0. The van der Waals surface area contributed by atoms with Crippen LogP contribution in [0.3, 0.4) is 0 Å². The number of carbonyl (C=O) groups is 3. The molecule has 8 heteroatoms. The molecule has 0 spiro atoms. The minimum absolute atomic E-state index is 0.0261. The number of nitrogens with zero attached hydrogens (tertiary/aromatic N) is 1. The predicted molar refractivity (Wildman–Crippen MR) is 121 cm³/mol. The molecule has 1 saturated heterocycles. The first-order valence-corrected chi connectivity index (χ1v) is 10.9. The van der Waals surface area contributed by atoms with Crippen molar-refractivity contribution in [3.05, 3.63) is 71.3 Å². The van der Waals surface area contributed by atoms with Crippen LogP contribution < -0.4 is 5.48 Å². The highest BCUT2D eigenvalue weighted by Crippen LogP contribution is 2.35. The molecule has 1 aliphatic heterocycles. The summed E-state index contributed by atoms with van der Waals surface area (Å²) in [5, 5.41) is 8.71. The van der Waals surface area contributed by atoms with E-state index in [0.29, 0.717) is 30.7 Å². The normalized spacial score (nSPS) is 14.7. The Hall–Kier alpha value is -3.23. The summed E-state index contributed by atoms with van der Waals surface area (Å²) in [4.78, 5) is 44.4. The van der Waals surface area contributed by atoms with Gasteiger partial charge in [0.25, 0.3) is 0 Å². The van der Waals surface area contributed by atoms with Crippen LogP contribution in [0.5, 0.6) is 0 Å². The van der Waals surface area contributed by atoms with Crippen LogP contribution in [0, 0.1) is 11.3 Å².